The Morgan fingerprint density at radius 1 is 0.971 bits per heavy atom. The summed E-state index contributed by atoms with van der Waals surface area (Å²) in [5.74, 6) is -2.29. The first-order valence-electron chi connectivity index (χ1n) is 11.3. The van der Waals surface area contributed by atoms with Crippen molar-refractivity contribution in [2.24, 2.45) is 5.92 Å². The van der Waals surface area contributed by atoms with Crippen LogP contribution >= 0.6 is 11.6 Å². The van der Waals surface area contributed by atoms with E-state index in [1.165, 1.54) is 17.9 Å². The van der Waals surface area contributed by atoms with Crippen LogP contribution in [-0.4, -0.2) is 36.1 Å². The van der Waals surface area contributed by atoms with Crippen LogP contribution < -0.4 is 4.90 Å². The highest BCUT2D eigenvalue weighted by Gasteiger charge is 2.38. The summed E-state index contributed by atoms with van der Waals surface area (Å²) in [5.41, 5.74) is 2.58. The fourth-order valence-electron chi connectivity index (χ4n) is 4.05. The molecule has 1 aliphatic rings. The van der Waals surface area contributed by atoms with Crippen molar-refractivity contribution in [1.82, 2.24) is 0 Å². The second-order valence-electron chi connectivity index (χ2n) is 8.57. The molecule has 0 aromatic heterocycles. The Morgan fingerprint density at radius 3 is 2.34 bits per heavy atom. The van der Waals surface area contributed by atoms with E-state index in [1.54, 1.807) is 54.6 Å². The second-order valence-corrected chi connectivity index (χ2v) is 9.01. The summed E-state index contributed by atoms with van der Waals surface area (Å²) in [6.07, 6.45) is -1.06. The van der Waals surface area contributed by atoms with Gasteiger partial charge in [0.2, 0.25) is 11.7 Å². The van der Waals surface area contributed by atoms with Crippen LogP contribution in [0.3, 0.4) is 0 Å². The summed E-state index contributed by atoms with van der Waals surface area (Å²) in [6.45, 7) is 3.48. The van der Waals surface area contributed by atoms with Crippen molar-refractivity contribution in [3.63, 3.8) is 0 Å². The number of ether oxygens (including phenoxy) is 1. The zero-order valence-corrected chi connectivity index (χ0v) is 20.1. The average Bonchev–Trinajstić information content (AvgIpc) is 3.25. The largest absolute Gasteiger partial charge is 0.454 e. The third-order valence-corrected chi connectivity index (χ3v) is 6.22. The van der Waals surface area contributed by atoms with Crippen LogP contribution in [0.2, 0.25) is 5.02 Å². The van der Waals surface area contributed by atoms with Gasteiger partial charge in [-0.3, -0.25) is 19.2 Å². The molecule has 6 nitrogen and oxygen atoms in total. The maximum Gasteiger partial charge on any atom is 0.312 e. The molecule has 35 heavy (non-hydrogen) atoms. The molecule has 7 heteroatoms. The van der Waals surface area contributed by atoms with E-state index in [-0.39, 0.29) is 36.0 Å². The molecule has 0 bridgehead atoms. The quantitative estimate of drug-likeness (QED) is 0.343. The number of rotatable bonds is 7. The Labute approximate surface area is 208 Å². The number of carbonyl (C=O) groups is 4. The molecule has 1 amide bonds. The normalized spacial score (nSPS) is 16.1. The number of carbonyl (C=O) groups excluding carboxylic acids is 4. The first kappa shape index (κ1) is 24.4. The van der Waals surface area contributed by atoms with Crippen molar-refractivity contribution in [2.45, 2.75) is 26.4 Å². The van der Waals surface area contributed by atoms with Crippen molar-refractivity contribution < 1.29 is 23.9 Å². The van der Waals surface area contributed by atoms with Gasteiger partial charge in [0.15, 0.2) is 11.9 Å². The number of hydrogen-bond donors (Lipinski definition) is 0. The van der Waals surface area contributed by atoms with Gasteiger partial charge in [-0.05, 0) is 32.0 Å². The van der Waals surface area contributed by atoms with E-state index in [0.717, 1.165) is 5.56 Å². The lowest BCUT2D eigenvalue weighted by atomic mass is 10.0. The second kappa shape index (κ2) is 10.2. The van der Waals surface area contributed by atoms with Crippen molar-refractivity contribution in [3.05, 3.63) is 100 Å². The summed E-state index contributed by atoms with van der Waals surface area (Å²) in [4.78, 5) is 52.9. The number of esters is 1. The predicted molar refractivity (Wildman–Crippen MR) is 133 cm³/mol. The molecule has 1 saturated heterocycles. The van der Waals surface area contributed by atoms with Gasteiger partial charge in [0.25, 0.3) is 0 Å². The van der Waals surface area contributed by atoms with E-state index < -0.39 is 18.0 Å². The lowest BCUT2D eigenvalue weighted by Crippen LogP contribution is -2.31. The van der Waals surface area contributed by atoms with Gasteiger partial charge in [-0.1, -0.05) is 71.8 Å². The van der Waals surface area contributed by atoms with E-state index >= 15 is 0 Å². The van der Waals surface area contributed by atoms with E-state index in [0.29, 0.717) is 21.8 Å². The van der Waals surface area contributed by atoms with Gasteiger partial charge >= 0.3 is 5.97 Å². The number of halogens is 1. The number of Topliss-reactive ketones (excluding diaryl/α,β-unsaturated/α-hetero) is 1. The molecule has 0 radical (unpaired) electrons. The molecule has 4 rings (SSSR count). The predicted octanol–water partition coefficient (Wildman–Crippen LogP) is 5.05. The Bertz CT molecular complexity index is 1290. The number of ketones is 2. The van der Waals surface area contributed by atoms with E-state index in [9.17, 15) is 19.2 Å². The number of anilines is 1. The molecule has 2 atom stereocenters. The highest BCUT2D eigenvalue weighted by atomic mass is 35.5. The van der Waals surface area contributed by atoms with Gasteiger partial charge in [0.05, 0.1) is 11.6 Å². The lowest BCUT2D eigenvalue weighted by Gasteiger charge is -2.20. The zero-order chi connectivity index (χ0) is 25.1. The van der Waals surface area contributed by atoms with E-state index in [2.05, 4.69) is 0 Å². The third kappa shape index (κ3) is 5.33. The van der Waals surface area contributed by atoms with Gasteiger partial charge < -0.3 is 9.64 Å². The van der Waals surface area contributed by atoms with Crippen LogP contribution in [0.5, 0.6) is 0 Å². The van der Waals surface area contributed by atoms with Crippen molar-refractivity contribution >= 4 is 40.7 Å². The smallest absolute Gasteiger partial charge is 0.312 e. The van der Waals surface area contributed by atoms with E-state index in [1.807, 2.05) is 19.1 Å². The van der Waals surface area contributed by atoms with Gasteiger partial charge in [-0.25, -0.2) is 0 Å². The molecule has 1 aliphatic heterocycles. The molecule has 0 spiro atoms. The molecule has 1 heterocycles. The summed E-state index contributed by atoms with van der Waals surface area (Å²) in [5, 5.41) is 0.360. The van der Waals surface area contributed by atoms with Crippen LogP contribution in [0.25, 0.3) is 0 Å². The van der Waals surface area contributed by atoms with Gasteiger partial charge in [-0.15, -0.1) is 0 Å². The average molecular weight is 490 g/mol. The van der Waals surface area contributed by atoms with Gasteiger partial charge in [0.1, 0.15) is 0 Å². The molecule has 3 aromatic rings. The summed E-state index contributed by atoms with van der Waals surface area (Å²) in [7, 11) is 0. The number of benzene rings is 3. The minimum Gasteiger partial charge on any atom is -0.454 e. The molecule has 0 saturated carbocycles. The standard InChI is InChI=1S/C28H24ClNO5/c1-17-8-10-20(11-9-17)26(32)18(2)35-28(34)21-14-25(31)30(16-21)24-13-12-22(29)15-23(24)27(33)19-6-4-3-5-7-19/h3-13,15,18,21H,14,16H2,1-2H3/t18-,21+/m0/s1. The van der Waals surface area contributed by atoms with Crippen LogP contribution in [0, 0.1) is 12.8 Å². The number of aryl methyl sites for hydroxylation is 1. The Morgan fingerprint density at radius 2 is 1.66 bits per heavy atom. The summed E-state index contributed by atoms with van der Waals surface area (Å²) >= 11 is 6.15. The molecular formula is C28H24ClNO5. The molecule has 3 aromatic carbocycles. The highest BCUT2D eigenvalue weighted by molar-refractivity contribution is 6.31. The Kier molecular flexibility index (Phi) is 7.12. The Hall–Kier alpha value is -3.77. The van der Waals surface area contributed by atoms with Gasteiger partial charge in [-0.2, -0.15) is 0 Å². The first-order valence-corrected chi connectivity index (χ1v) is 11.6. The zero-order valence-electron chi connectivity index (χ0n) is 19.4. The van der Waals surface area contributed by atoms with Crippen LogP contribution in [0.4, 0.5) is 5.69 Å². The first-order chi connectivity index (χ1) is 16.7. The molecule has 0 N–H and O–H groups in total. The third-order valence-electron chi connectivity index (χ3n) is 5.99. The SMILES string of the molecule is Cc1ccc(C(=O)[C@H](C)OC(=O)[C@@H]2CC(=O)N(c3ccc(Cl)cc3C(=O)c3ccccc3)C2)cc1. The van der Waals surface area contributed by atoms with Crippen LogP contribution in [0.1, 0.15) is 45.2 Å². The molecule has 0 aliphatic carbocycles. The van der Waals surface area contributed by atoms with Gasteiger partial charge in [0, 0.05) is 34.7 Å². The molecule has 1 fully saturated rings. The topological polar surface area (TPSA) is 80.8 Å². The Balaban J connectivity index is 1.50. The van der Waals surface area contributed by atoms with E-state index in [4.69, 9.17) is 16.3 Å². The highest BCUT2D eigenvalue weighted by Crippen LogP contribution is 2.32. The van der Waals surface area contributed by atoms with Crippen molar-refractivity contribution in [1.29, 1.82) is 0 Å². The maximum absolute atomic E-state index is 13.1. The molecule has 0 unspecified atom stereocenters. The minimum atomic E-state index is -0.986. The molecule has 178 valence electrons. The van der Waals surface area contributed by atoms with Crippen molar-refractivity contribution in [3.8, 4) is 0 Å². The monoisotopic (exact) mass is 489 g/mol. The van der Waals surface area contributed by atoms with Crippen LogP contribution in [-0.2, 0) is 14.3 Å². The number of amides is 1. The van der Waals surface area contributed by atoms with Crippen LogP contribution in [0.15, 0.2) is 72.8 Å². The number of hydrogen-bond acceptors (Lipinski definition) is 5. The molecular weight excluding hydrogens is 466 g/mol. The fraction of sp³-hybridized carbons (Fsp3) is 0.214. The lowest BCUT2D eigenvalue weighted by molar-refractivity contribution is -0.151. The summed E-state index contributed by atoms with van der Waals surface area (Å²) in [6, 6.07) is 20.4. The van der Waals surface area contributed by atoms with Crippen molar-refractivity contribution in [2.75, 3.05) is 11.4 Å². The minimum absolute atomic E-state index is 0.0415. The fourth-order valence-corrected chi connectivity index (χ4v) is 4.22. The number of nitrogens with zero attached hydrogens (tertiary/aromatic N) is 1. The summed E-state index contributed by atoms with van der Waals surface area (Å²) < 4.78 is 5.42. The maximum atomic E-state index is 13.1.